The molecule has 0 saturated carbocycles. The van der Waals surface area contributed by atoms with E-state index in [1.165, 1.54) is 12.1 Å². The molecular formula is C23H19FN2O2. The van der Waals surface area contributed by atoms with Crippen molar-refractivity contribution in [1.82, 2.24) is 4.57 Å². The van der Waals surface area contributed by atoms with Crippen LogP contribution in [0.5, 0.6) is 0 Å². The highest BCUT2D eigenvalue weighted by Gasteiger charge is 2.39. The number of allylic oxidation sites excluding steroid dienone is 1. The first-order chi connectivity index (χ1) is 13.3. The summed E-state index contributed by atoms with van der Waals surface area (Å²) in [5.74, 6) is -0.154. The van der Waals surface area contributed by atoms with E-state index in [1.807, 2.05) is 39.1 Å². The lowest BCUT2D eigenvalue weighted by Gasteiger charge is -2.23. The van der Waals surface area contributed by atoms with Crippen molar-refractivity contribution >= 4 is 33.6 Å². The summed E-state index contributed by atoms with van der Waals surface area (Å²) in [6.45, 7) is 3.98. The molecule has 4 nitrogen and oxygen atoms in total. The minimum absolute atomic E-state index is 0.277. The van der Waals surface area contributed by atoms with Gasteiger partial charge in [-0.3, -0.25) is 4.79 Å². The standard InChI is InChI=1S/C23H19FN2O2/c1-23(2)16(19-10-13-6-4-5-7-18(13)26(19)3)12-20(28-23)21-15-9-8-14(24)11-17(15)25-22(21)27/h4-12H,1-3H3,(H,25,27)/b21-20+. The number of hydrogen-bond donors (Lipinski definition) is 1. The van der Waals surface area contributed by atoms with Crippen molar-refractivity contribution in [2.24, 2.45) is 7.05 Å². The number of benzene rings is 2. The van der Waals surface area contributed by atoms with Gasteiger partial charge >= 0.3 is 0 Å². The number of nitrogens with zero attached hydrogens (tertiary/aromatic N) is 1. The van der Waals surface area contributed by atoms with Crippen LogP contribution in [0.15, 0.2) is 60.4 Å². The van der Waals surface area contributed by atoms with Gasteiger partial charge in [-0.15, -0.1) is 0 Å². The van der Waals surface area contributed by atoms with Crippen LogP contribution in [0.1, 0.15) is 25.1 Å². The summed E-state index contributed by atoms with van der Waals surface area (Å²) in [7, 11) is 2.03. The van der Waals surface area contributed by atoms with E-state index in [0.717, 1.165) is 22.2 Å². The summed E-state index contributed by atoms with van der Waals surface area (Å²) in [4.78, 5) is 12.6. The van der Waals surface area contributed by atoms with Gasteiger partial charge in [-0.25, -0.2) is 4.39 Å². The Kier molecular flexibility index (Phi) is 3.35. The molecule has 3 heterocycles. The Balaban J connectivity index is 1.70. The molecule has 1 N–H and O–H groups in total. The maximum absolute atomic E-state index is 13.5. The number of fused-ring (bicyclic) bond motifs is 2. The normalized spacial score (nSPS) is 20.1. The van der Waals surface area contributed by atoms with Crippen LogP contribution in [-0.2, 0) is 16.6 Å². The van der Waals surface area contributed by atoms with Gasteiger partial charge in [0.2, 0.25) is 0 Å². The molecule has 1 amide bonds. The molecular weight excluding hydrogens is 355 g/mol. The van der Waals surface area contributed by atoms with Gasteiger partial charge in [0, 0.05) is 34.8 Å². The Morgan fingerprint density at radius 3 is 2.68 bits per heavy atom. The Morgan fingerprint density at radius 2 is 1.89 bits per heavy atom. The quantitative estimate of drug-likeness (QED) is 0.618. The van der Waals surface area contributed by atoms with Crippen molar-refractivity contribution in [3.63, 3.8) is 0 Å². The number of aryl methyl sites for hydroxylation is 1. The number of hydrogen-bond acceptors (Lipinski definition) is 2. The van der Waals surface area contributed by atoms with Gasteiger partial charge in [0.05, 0.1) is 11.3 Å². The van der Waals surface area contributed by atoms with Crippen molar-refractivity contribution in [2.75, 3.05) is 5.32 Å². The van der Waals surface area contributed by atoms with Gasteiger partial charge in [-0.1, -0.05) is 18.2 Å². The number of amides is 1. The zero-order valence-corrected chi connectivity index (χ0v) is 15.8. The highest BCUT2D eigenvalue weighted by Crippen LogP contribution is 2.45. The van der Waals surface area contributed by atoms with Gasteiger partial charge in [0.25, 0.3) is 5.91 Å². The summed E-state index contributed by atoms with van der Waals surface area (Å²) in [6.07, 6.45) is 1.93. The van der Waals surface area contributed by atoms with Crippen LogP contribution in [-0.4, -0.2) is 16.1 Å². The molecule has 0 spiro atoms. The van der Waals surface area contributed by atoms with Gasteiger partial charge in [0.15, 0.2) is 0 Å². The van der Waals surface area contributed by atoms with Crippen LogP contribution in [0.4, 0.5) is 10.1 Å². The van der Waals surface area contributed by atoms with E-state index in [2.05, 4.69) is 28.1 Å². The van der Waals surface area contributed by atoms with Crippen molar-refractivity contribution in [2.45, 2.75) is 19.4 Å². The summed E-state index contributed by atoms with van der Waals surface area (Å²) < 4.78 is 21.9. The molecule has 140 valence electrons. The first-order valence-corrected chi connectivity index (χ1v) is 9.17. The minimum atomic E-state index is -0.604. The second-order valence-corrected chi connectivity index (χ2v) is 7.70. The van der Waals surface area contributed by atoms with Gasteiger partial charge < -0.3 is 14.6 Å². The average molecular weight is 374 g/mol. The molecule has 3 aromatic rings. The number of halogens is 1. The Hall–Kier alpha value is -3.34. The van der Waals surface area contributed by atoms with Crippen molar-refractivity contribution in [3.8, 4) is 0 Å². The van der Waals surface area contributed by atoms with E-state index in [0.29, 0.717) is 22.6 Å². The molecule has 5 heteroatoms. The second-order valence-electron chi connectivity index (χ2n) is 7.70. The molecule has 2 aromatic carbocycles. The maximum atomic E-state index is 13.5. The fraction of sp³-hybridized carbons (Fsp3) is 0.174. The van der Waals surface area contributed by atoms with E-state index < -0.39 is 5.60 Å². The average Bonchev–Trinajstić information content (AvgIpc) is 3.25. The smallest absolute Gasteiger partial charge is 0.260 e. The summed E-state index contributed by atoms with van der Waals surface area (Å²) in [6, 6.07) is 14.6. The molecule has 0 fully saturated rings. The highest BCUT2D eigenvalue weighted by atomic mass is 19.1. The van der Waals surface area contributed by atoms with Crippen LogP contribution in [0, 0.1) is 5.82 Å². The zero-order chi connectivity index (χ0) is 19.6. The van der Waals surface area contributed by atoms with Crippen molar-refractivity contribution in [1.29, 1.82) is 0 Å². The number of carbonyl (C=O) groups is 1. The number of nitrogens with one attached hydrogen (secondary N) is 1. The highest BCUT2D eigenvalue weighted by molar-refractivity contribution is 6.32. The predicted octanol–water partition coefficient (Wildman–Crippen LogP) is 4.87. The Bertz CT molecular complexity index is 1230. The van der Waals surface area contributed by atoms with E-state index in [4.69, 9.17) is 4.74 Å². The fourth-order valence-electron chi connectivity index (χ4n) is 4.11. The van der Waals surface area contributed by atoms with Gasteiger partial charge in [0.1, 0.15) is 17.2 Å². The first-order valence-electron chi connectivity index (χ1n) is 9.17. The number of carbonyl (C=O) groups excluding carboxylic acids is 1. The lowest BCUT2D eigenvalue weighted by molar-refractivity contribution is -0.111. The van der Waals surface area contributed by atoms with E-state index >= 15 is 0 Å². The van der Waals surface area contributed by atoms with E-state index in [1.54, 1.807) is 6.07 Å². The zero-order valence-electron chi connectivity index (χ0n) is 15.8. The van der Waals surface area contributed by atoms with Crippen LogP contribution in [0.2, 0.25) is 0 Å². The van der Waals surface area contributed by atoms with Crippen molar-refractivity contribution < 1.29 is 13.9 Å². The molecule has 1 aromatic heterocycles. The lowest BCUT2D eigenvalue weighted by atomic mass is 9.96. The first kappa shape index (κ1) is 16.8. The molecule has 2 aliphatic rings. The SMILES string of the molecule is Cn1c(C2=C/C(=C3\C(=O)Nc4cc(F)ccc43)OC2(C)C)cc2ccccc21. The molecule has 0 unspecified atom stereocenters. The number of anilines is 1. The molecule has 5 rings (SSSR count). The number of aromatic nitrogens is 1. The maximum Gasteiger partial charge on any atom is 0.260 e. The Morgan fingerprint density at radius 1 is 1.11 bits per heavy atom. The van der Waals surface area contributed by atoms with Crippen LogP contribution >= 0.6 is 0 Å². The molecule has 0 bridgehead atoms. The molecule has 0 atom stereocenters. The molecule has 2 aliphatic heterocycles. The topological polar surface area (TPSA) is 43.3 Å². The largest absolute Gasteiger partial charge is 0.482 e. The van der Waals surface area contributed by atoms with Gasteiger partial charge in [-0.2, -0.15) is 0 Å². The number of rotatable bonds is 1. The van der Waals surface area contributed by atoms with Crippen molar-refractivity contribution in [3.05, 3.63) is 77.4 Å². The third-order valence-electron chi connectivity index (χ3n) is 5.49. The molecule has 28 heavy (non-hydrogen) atoms. The summed E-state index contributed by atoms with van der Waals surface area (Å²) in [5.41, 5.74) is 4.14. The van der Waals surface area contributed by atoms with E-state index in [-0.39, 0.29) is 11.7 Å². The van der Waals surface area contributed by atoms with Gasteiger partial charge in [-0.05, 0) is 50.3 Å². The summed E-state index contributed by atoms with van der Waals surface area (Å²) >= 11 is 0. The third-order valence-corrected chi connectivity index (χ3v) is 5.49. The van der Waals surface area contributed by atoms with E-state index in [9.17, 15) is 9.18 Å². The fourth-order valence-corrected chi connectivity index (χ4v) is 4.11. The van der Waals surface area contributed by atoms with Crippen LogP contribution in [0.3, 0.4) is 0 Å². The summed E-state index contributed by atoms with van der Waals surface area (Å²) in [5, 5.41) is 3.88. The minimum Gasteiger partial charge on any atom is -0.482 e. The number of ether oxygens (including phenoxy) is 1. The van der Waals surface area contributed by atoms with Crippen LogP contribution in [0.25, 0.3) is 22.0 Å². The predicted molar refractivity (Wildman–Crippen MR) is 108 cm³/mol. The molecule has 0 aliphatic carbocycles. The number of para-hydroxylation sites is 1. The Labute approximate surface area is 161 Å². The second kappa shape index (κ2) is 5.58. The molecule has 0 saturated heterocycles. The molecule has 0 radical (unpaired) electrons. The van der Waals surface area contributed by atoms with Crippen LogP contribution < -0.4 is 5.32 Å². The third kappa shape index (κ3) is 2.32. The lowest BCUT2D eigenvalue weighted by Crippen LogP contribution is -2.22. The monoisotopic (exact) mass is 374 g/mol.